The van der Waals surface area contributed by atoms with E-state index in [0.29, 0.717) is 22.1 Å². The van der Waals surface area contributed by atoms with Crippen molar-refractivity contribution in [2.45, 2.75) is 38.6 Å². The molecule has 0 aromatic heterocycles. The molecule has 22 heavy (non-hydrogen) atoms. The van der Waals surface area contributed by atoms with Gasteiger partial charge in [0.25, 0.3) is 5.91 Å². The molecule has 1 amide bonds. The highest BCUT2D eigenvalue weighted by Crippen LogP contribution is 2.23. The second-order valence-corrected chi connectivity index (χ2v) is 6.43. The number of hydrazine groups is 1. The molecule has 0 saturated heterocycles. The molecule has 1 aliphatic rings. The number of aromatic hydroxyl groups is 1. The first-order chi connectivity index (χ1) is 10.5. The number of nitrogens with one attached hydrogen (secondary N) is 3. The SMILES string of the molecule is C[C@H]1CCCC[C@H]1NC(=S)NNC(=O)c1cc(Cl)ccc1O. The van der Waals surface area contributed by atoms with Crippen molar-refractivity contribution < 1.29 is 9.90 Å². The van der Waals surface area contributed by atoms with Crippen molar-refractivity contribution >= 4 is 34.8 Å². The Hall–Kier alpha value is -1.53. The lowest BCUT2D eigenvalue weighted by Crippen LogP contribution is -2.51. The summed E-state index contributed by atoms with van der Waals surface area (Å²) in [6.07, 6.45) is 4.70. The molecule has 2 atom stereocenters. The lowest BCUT2D eigenvalue weighted by Gasteiger charge is -2.30. The van der Waals surface area contributed by atoms with Crippen LogP contribution >= 0.6 is 23.8 Å². The fourth-order valence-corrected chi connectivity index (χ4v) is 2.98. The van der Waals surface area contributed by atoms with Gasteiger partial charge in [-0.2, -0.15) is 0 Å². The summed E-state index contributed by atoms with van der Waals surface area (Å²) >= 11 is 11.0. The average Bonchev–Trinajstić information content (AvgIpc) is 2.49. The summed E-state index contributed by atoms with van der Waals surface area (Å²) in [6, 6.07) is 4.60. The zero-order valence-electron chi connectivity index (χ0n) is 12.4. The molecule has 1 fully saturated rings. The highest BCUT2D eigenvalue weighted by Gasteiger charge is 2.21. The zero-order chi connectivity index (χ0) is 16.1. The molecule has 5 nitrogen and oxygen atoms in total. The summed E-state index contributed by atoms with van der Waals surface area (Å²) in [7, 11) is 0. The van der Waals surface area contributed by atoms with Crippen LogP contribution in [0.3, 0.4) is 0 Å². The number of carbonyl (C=O) groups is 1. The van der Waals surface area contributed by atoms with Gasteiger partial charge in [0.15, 0.2) is 5.11 Å². The molecule has 0 aliphatic heterocycles. The van der Waals surface area contributed by atoms with E-state index in [1.54, 1.807) is 0 Å². The van der Waals surface area contributed by atoms with Crippen molar-refractivity contribution in [1.29, 1.82) is 0 Å². The van der Waals surface area contributed by atoms with Gasteiger partial charge in [-0.15, -0.1) is 0 Å². The van der Waals surface area contributed by atoms with E-state index in [0.717, 1.165) is 6.42 Å². The smallest absolute Gasteiger partial charge is 0.273 e. The van der Waals surface area contributed by atoms with Gasteiger partial charge in [-0.05, 0) is 49.2 Å². The van der Waals surface area contributed by atoms with Crippen LogP contribution < -0.4 is 16.2 Å². The summed E-state index contributed by atoms with van der Waals surface area (Å²) < 4.78 is 0. The minimum atomic E-state index is -0.499. The second kappa shape index (κ2) is 7.65. The summed E-state index contributed by atoms with van der Waals surface area (Å²) in [5, 5.41) is 13.6. The molecular weight excluding hydrogens is 322 g/mol. The minimum absolute atomic E-state index is 0.0915. The summed E-state index contributed by atoms with van der Waals surface area (Å²) in [4.78, 5) is 12.0. The van der Waals surface area contributed by atoms with Crippen LogP contribution in [-0.2, 0) is 0 Å². The normalized spacial score (nSPS) is 21.0. The Labute approximate surface area is 140 Å². The third-order valence-corrected chi connectivity index (χ3v) is 4.38. The molecule has 0 heterocycles. The van der Waals surface area contributed by atoms with Crippen molar-refractivity contribution in [2.75, 3.05) is 0 Å². The lowest BCUT2D eigenvalue weighted by molar-refractivity contribution is 0.0940. The lowest BCUT2D eigenvalue weighted by atomic mass is 9.86. The van der Waals surface area contributed by atoms with Gasteiger partial charge in [0.2, 0.25) is 0 Å². The van der Waals surface area contributed by atoms with E-state index >= 15 is 0 Å². The fraction of sp³-hybridized carbons (Fsp3) is 0.467. The predicted molar refractivity (Wildman–Crippen MR) is 90.9 cm³/mol. The summed E-state index contributed by atoms with van der Waals surface area (Å²) in [5.41, 5.74) is 5.21. The highest BCUT2D eigenvalue weighted by molar-refractivity contribution is 7.80. The van der Waals surface area contributed by atoms with Gasteiger partial charge < -0.3 is 10.4 Å². The highest BCUT2D eigenvalue weighted by atomic mass is 35.5. The Morgan fingerprint density at radius 2 is 2.05 bits per heavy atom. The molecule has 7 heteroatoms. The molecule has 1 aliphatic carbocycles. The number of hydrogen-bond acceptors (Lipinski definition) is 3. The number of rotatable bonds is 2. The second-order valence-electron chi connectivity index (χ2n) is 5.58. The van der Waals surface area contributed by atoms with Crippen LogP contribution in [0.5, 0.6) is 5.75 Å². The molecule has 2 rings (SSSR count). The maximum absolute atomic E-state index is 12.0. The summed E-state index contributed by atoms with van der Waals surface area (Å²) in [5.74, 6) is -0.0782. The maximum atomic E-state index is 12.0. The number of phenolic OH excluding ortho intramolecular Hbond substituents is 1. The molecular formula is C15H20ClN3O2S. The Morgan fingerprint density at radius 3 is 2.77 bits per heavy atom. The Kier molecular flexibility index (Phi) is 5.85. The third-order valence-electron chi connectivity index (χ3n) is 3.92. The number of hydrogen-bond donors (Lipinski definition) is 4. The van der Waals surface area contributed by atoms with Crippen LogP contribution in [0, 0.1) is 5.92 Å². The van der Waals surface area contributed by atoms with E-state index in [1.807, 2.05) is 0 Å². The Bertz CT molecular complexity index is 568. The van der Waals surface area contributed by atoms with Crippen LogP contribution in [0.2, 0.25) is 5.02 Å². The van der Waals surface area contributed by atoms with E-state index < -0.39 is 5.91 Å². The van der Waals surface area contributed by atoms with E-state index in [2.05, 4.69) is 23.1 Å². The van der Waals surface area contributed by atoms with Gasteiger partial charge in [0.1, 0.15) is 5.75 Å². The van der Waals surface area contributed by atoms with Crippen molar-refractivity contribution in [3.05, 3.63) is 28.8 Å². The zero-order valence-corrected chi connectivity index (χ0v) is 13.9. The number of benzene rings is 1. The fourth-order valence-electron chi connectivity index (χ4n) is 2.61. The van der Waals surface area contributed by atoms with Crippen LogP contribution in [0.15, 0.2) is 18.2 Å². The van der Waals surface area contributed by atoms with Gasteiger partial charge in [0.05, 0.1) is 5.56 Å². The minimum Gasteiger partial charge on any atom is -0.507 e. The maximum Gasteiger partial charge on any atom is 0.273 e. The molecule has 1 saturated carbocycles. The summed E-state index contributed by atoms with van der Waals surface area (Å²) in [6.45, 7) is 2.20. The standard InChI is InChI=1S/C15H20ClN3O2S/c1-9-4-2-3-5-12(9)17-15(22)19-18-14(21)11-8-10(16)6-7-13(11)20/h6-9,12,20H,2-5H2,1H3,(H,18,21)(H2,17,19,22)/t9-,12+/m0/s1. The molecule has 0 unspecified atom stereocenters. The van der Waals surface area contributed by atoms with Crippen LogP contribution in [-0.4, -0.2) is 22.2 Å². The van der Waals surface area contributed by atoms with Crippen LogP contribution in [0.25, 0.3) is 0 Å². The molecule has 0 radical (unpaired) electrons. The molecule has 120 valence electrons. The van der Waals surface area contributed by atoms with E-state index in [1.165, 1.54) is 37.5 Å². The number of amides is 1. The molecule has 4 N–H and O–H groups in total. The first-order valence-corrected chi connectivity index (χ1v) is 8.11. The van der Waals surface area contributed by atoms with E-state index in [4.69, 9.17) is 23.8 Å². The Balaban J connectivity index is 1.85. The number of halogens is 1. The topological polar surface area (TPSA) is 73.4 Å². The largest absolute Gasteiger partial charge is 0.507 e. The molecule has 0 spiro atoms. The predicted octanol–water partition coefficient (Wildman–Crippen LogP) is 2.73. The first kappa shape index (κ1) is 16.8. The molecule has 1 aromatic carbocycles. The first-order valence-electron chi connectivity index (χ1n) is 7.32. The van der Waals surface area contributed by atoms with Crippen LogP contribution in [0.1, 0.15) is 43.0 Å². The van der Waals surface area contributed by atoms with Crippen molar-refractivity contribution in [1.82, 2.24) is 16.2 Å². The Morgan fingerprint density at radius 1 is 1.32 bits per heavy atom. The van der Waals surface area contributed by atoms with Gasteiger partial charge in [-0.3, -0.25) is 15.6 Å². The molecule has 1 aromatic rings. The van der Waals surface area contributed by atoms with Crippen molar-refractivity contribution in [2.24, 2.45) is 5.92 Å². The average molecular weight is 342 g/mol. The van der Waals surface area contributed by atoms with E-state index in [-0.39, 0.29) is 11.3 Å². The van der Waals surface area contributed by atoms with Crippen molar-refractivity contribution in [3.63, 3.8) is 0 Å². The van der Waals surface area contributed by atoms with Crippen molar-refractivity contribution in [3.8, 4) is 5.75 Å². The number of phenols is 1. The quantitative estimate of drug-likeness (QED) is 0.492. The van der Waals surface area contributed by atoms with Gasteiger partial charge in [0, 0.05) is 11.1 Å². The van der Waals surface area contributed by atoms with E-state index in [9.17, 15) is 9.90 Å². The van der Waals surface area contributed by atoms with Gasteiger partial charge >= 0.3 is 0 Å². The number of carbonyl (C=O) groups excluding carboxylic acids is 1. The van der Waals surface area contributed by atoms with Gasteiger partial charge in [-0.1, -0.05) is 31.4 Å². The monoisotopic (exact) mass is 341 g/mol. The van der Waals surface area contributed by atoms with Gasteiger partial charge in [-0.25, -0.2) is 0 Å². The molecule has 0 bridgehead atoms. The third kappa shape index (κ3) is 4.48. The van der Waals surface area contributed by atoms with Crippen LogP contribution in [0.4, 0.5) is 0 Å². The number of thiocarbonyl (C=S) groups is 1.